The lowest BCUT2D eigenvalue weighted by molar-refractivity contribution is 0.136. The average molecular weight is 316 g/mol. The number of halogens is 1. The second-order valence-corrected chi connectivity index (χ2v) is 5.45. The minimum atomic E-state index is 0.508. The van der Waals surface area contributed by atoms with Crippen LogP contribution in [0.1, 0.15) is 18.5 Å². The van der Waals surface area contributed by atoms with Crippen LogP contribution in [-0.4, -0.2) is 31.1 Å². The molecule has 1 aliphatic rings. The van der Waals surface area contributed by atoms with Crippen molar-refractivity contribution >= 4 is 22.6 Å². The molecule has 1 N–H and O–H groups in total. The van der Waals surface area contributed by atoms with Gasteiger partial charge in [0, 0.05) is 28.7 Å². The Labute approximate surface area is 105 Å². The van der Waals surface area contributed by atoms with Gasteiger partial charge < -0.3 is 5.32 Å². The van der Waals surface area contributed by atoms with Gasteiger partial charge in [0.1, 0.15) is 0 Å². The third-order valence-corrected chi connectivity index (χ3v) is 4.02. The molecular formula is C12H17IN2. The fourth-order valence-electron chi connectivity index (χ4n) is 1.85. The van der Waals surface area contributed by atoms with Gasteiger partial charge in [-0.05, 0) is 54.3 Å². The van der Waals surface area contributed by atoms with E-state index in [-0.39, 0.29) is 0 Å². The second-order valence-electron chi connectivity index (χ2n) is 4.21. The van der Waals surface area contributed by atoms with Crippen molar-refractivity contribution in [2.45, 2.75) is 19.0 Å². The molecule has 1 unspecified atom stereocenters. The van der Waals surface area contributed by atoms with Crippen molar-refractivity contribution in [3.05, 3.63) is 33.4 Å². The SMILES string of the molecule is CC(c1ccc(I)cc1)N(C)C1CNC1. The lowest BCUT2D eigenvalue weighted by Crippen LogP contribution is -2.56. The summed E-state index contributed by atoms with van der Waals surface area (Å²) in [6.45, 7) is 4.54. The normalized spacial score (nSPS) is 18.9. The fourth-order valence-corrected chi connectivity index (χ4v) is 2.21. The Balaban J connectivity index is 2.05. The van der Waals surface area contributed by atoms with E-state index in [0.717, 1.165) is 13.1 Å². The van der Waals surface area contributed by atoms with Crippen LogP contribution >= 0.6 is 22.6 Å². The number of hydrogen-bond donors (Lipinski definition) is 1. The van der Waals surface area contributed by atoms with Crippen molar-refractivity contribution in [1.82, 2.24) is 10.2 Å². The van der Waals surface area contributed by atoms with Crippen molar-refractivity contribution in [1.29, 1.82) is 0 Å². The lowest BCUT2D eigenvalue weighted by atomic mass is 10.0. The Bertz CT molecular complexity index is 319. The Morgan fingerprint density at radius 3 is 2.40 bits per heavy atom. The van der Waals surface area contributed by atoms with Crippen molar-refractivity contribution in [2.24, 2.45) is 0 Å². The first-order chi connectivity index (χ1) is 7.18. The van der Waals surface area contributed by atoms with Gasteiger partial charge in [-0.3, -0.25) is 4.90 Å². The summed E-state index contributed by atoms with van der Waals surface area (Å²) in [4.78, 5) is 2.46. The highest BCUT2D eigenvalue weighted by Gasteiger charge is 2.25. The van der Waals surface area contributed by atoms with E-state index in [1.54, 1.807) is 0 Å². The maximum atomic E-state index is 3.31. The Hall–Kier alpha value is -0.130. The maximum Gasteiger partial charge on any atom is 0.0348 e. The van der Waals surface area contributed by atoms with E-state index in [1.807, 2.05) is 0 Å². The number of nitrogens with one attached hydrogen (secondary N) is 1. The third kappa shape index (κ3) is 2.52. The molecule has 0 radical (unpaired) electrons. The molecule has 3 heteroatoms. The molecule has 2 nitrogen and oxygen atoms in total. The van der Waals surface area contributed by atoms with E-state index in [2.05, 4.69) is 71.0 Å². The van der Waals surface area contributed by atoms with Crippen molar-refractivity contribution < 1.29 is 0 Å². The van der Waals surface area contributed by atoms with Gasteiger partial charge >= 0.3 is 0 Å². The molecule has 1 aromatic rings. The molecule has 2 rings (SSSR count). The Morgan fingerprint density at radius 1 is 1.33 bits per heavy atom. The molecule has 0 aliphatic carbocycles. The second kappa shape index (κ2) is 4.80. The van der Waals surface area contributed by atoms with Crippen LogP contribution in [-0.2, 0) is 0 Å². The summed E-state index contributed by atoms with van der Waals surface area (Å²) < 4.78 is 1.30. The summed E-state index contributed by atoms with van der Waals surface area (Å²) in [6.07, 6.45) is 0. The van der Waals surface area contributed by atoms with Gasteiger partial charge in [-0.25, -0.2) is 0 Å². The van der Waals surface area contributed by atoms with Gasteiger partial charge in [-0.2, -0.15) is 0 Å². The molecule has 0 saturated carbocycles. The molecule has 1 aliphatic heterocycles. The molecule has 15 heavy (non-hydrogen) atoms. The van der Waals surface area contributed by atoms with Gasteiger partial charge in [-0.1, -0.05) is 12.1 Å². The van der Waals surface area contributed by atoms with E-state index in [4.69, 9.17) is 0 Å². The molecule has 1 fully saturated rings. The Kier molecular flexibility index (Phi) is 3.64. The summed E-state index contributed by atoms with van der Waals surface area (Å²) in [7, 11) is 2.22. The summed E-state index contributed by atoms with van der Waals surface area (Å²) in [5.74, 6) is 0. The molecular weight excluding hydrogens is 299 g/mol. The maximum absolute atomic E-state index is 3.31. The first kappa shape index (κ1) is 11.4. The molecule has 1 atom stereocenters. The highest BCUT2D eigenvalue weighted by Crippen LogP contribution is 2.22. The molecule has 0 bridgehead atoms. The summed E-state index contributed by atoms with van der Waals surface area (Å²) in [6, 6.07) is 10.0. The zero-order valence-corrected chi connectivity index (χ0v) is 11.4. The molecule has 1 heterocycles. The number of benzene rings is 1. The van der Waals surface area contributed by atoms with Crippen LogP contribution in [0.5, 0.6) is 0 Å². The van der Waals surface area contributed by atoms with Gasteiger partial charge in [0.2, 0.25) is 0 Å². The number of likely N-dealkylation sites (N-methyl/N-ethyl adjacent to an activating group) is 1. The summed E-state index contributed by atoms with van der Waals surface area (Å²) in [5.41, 5.74) is 1.41. The molecule has 0 aromatic heterocycles. The van der Waals surface area contributed by atoms with Crippen LogP contribution < -0.4 is 5.32 Å². The van der Waals surface area contributed by atoms with E-state index in [1.165, 1.54) is 9.13 Å². The lowest BCUT2D eigenvalue weighted by Gasteiger charge is -2.39. The van der Waals surface area contributed by atoms with Crippen LogP contribution in [0.15, 0.2) is 24.3 Å². The van der Waals surface area contributed by atoms with Gasteiger partial charge in [-0.15, -0.1) is 0 Å². The highest BCUT2D eigenvalue weighted by atomic mass is 127. The molecule has 82 valence electrons. The van der Waals surface area contributed by atoms with Crippen molar-refractivity contribution in [2.75, 3.05) is 20.1 Å². The summed E-state index contributed by atoms with van der Waals surface area (Å²) >= 11 is 2.35. The fraction of sp³-hybridized carbons (Fsp3) is 0.500. The van der Waals surface area contributed by atoms with Gasteiger partial charge in [0.15, 0.2) is 0 Å². The van der Waals surface area contributed by atoms with Crippen LogP contribution in [0.2, 0.25) is 0 Å². The largest absolute Gasteiger partial charge is 0.314 e. The van der Waals surface area contributed by atoms with Gasteiger partial charge in [0.05, 0.1) is 0 Å². The molecule has 0 amide bonds. The number of nitrogens with zero attached hydrogens (tertiary/aromatic N) is 1. The van der Waals surface area contributed by atoms with E-state index >= 15 is 0 Å². The molecule has 1 aromatic carbocycles. The van der Waals surface area contributed by atoms with E-state index < -0.39 is 0 Å². The van der Waals surface area contributed by atoms with E-state index in [9.17, 15) is 0 Å². The number of hydrogen-bond acceptors (Lipinski definition) is 2. The average Bonchev–Trinajstić information content (AvgIpc) is 2.15. The minimum absolute atomic E-state index is 0.508. The first-order valence-electron chi connectivity index (χ1n) is 5.36. The monoisotopic (exact) mass is 316 g/mol. The topological polar surface area (TPSA) is 15.3 Å². The third-order valence-electron chi connectivity index (χ3n) is 3.30. The van der Waals surface area contributed by atoms with Crippen molar-refractivity contribution in [3.8, 4) is 0 Å². The van der Waals surface area contributed by atoms with Crippen LogP contribution in [0, 0.1) is 3.57 Å². The minimum Gasteiger partial charge on any atom is -0.314 e. The zero-order valence-electron chi connectivity index (χ0n) is 9.20. The molecule has 1 saturated heterocycles. The van der Waals surface area contributed by atoms with Crippen LogP contribution in [0.4, 0.5) is 0 Å². The zero-order chi connectivity index (χ0) is 10.8. The van der Waals surface area contributed by atoms with Crippen molar-refractivity contribution in [3.63, 3.8) is 0 Å². The summed E-state index contributed by atoms with van der Waals surface area (Å²) in [5, 5.41) is 3.31. The Morgan fingerprint density at radius 2 is 1.93 bits per heavy atom. The quantitative estimate of drug-likeness (QED) is 0.861. The molecule has 0 spiro atoms. The predicted molar refractivity (Wildman–Crippen MR) is 72.0 cm³/mol. The highest BCUT2D eigenvalue weighted by molar-refractivity contribution is 14.1. The van der Waals surface area contributed by atoms with Crippen LogP contribution in [0.3, 0.4) is 0 Å². The van der Waals surface area contributed by atoms with Crippen LogP contribution in [0.25, 0.3) is 0 Å². The number of rotatable bonds is 3. The predicted octanol–water partition coefficient (Wildman–Crippen LogP) is 2.26. The van der Waals surface area contributed by atoms with E-state index in [0.29, 0.717) is 12.1 Å². The smallest absolute Gasteiger partial charge is 0.0348 e. The standard InChI is InChI=1S/C12H17IN2/c1-9(15(2)12-7-14-8-12)10-3-5-11(13)6-4-10/h3-6,9,12,14H,7-8H2,1-2H3. The van der Waals surface area contributed by atoms with Gasteiger partial charge in [0.25, 0.3) is 0 Å². The first-order valence-corrected chi connectivity index (χ1v) is 6.44.